The molecule has 3 rings (SSSR count). The molecule has 0 spiro atoms. The first-order valence-corrected chi connectivity index (χ1v) is 7.85. The molecule has 3 aromatic rings. The zero-order valence-electron chi connectivity index (χ0n) is 14.2. The zero-order valence-corrected chi connectivity index (χ0v) is 14.2. The lowest BCUT2D eigenvalue weighted by molar-refractivity contribution is 0.374. The molecule has 0 amide bonds. The van der Waals surface area contributed by atoms with Gasteiger partial charge in [0.2, 0.25) is 5.88 Å². The summed E-state index contributed by atoms with van der Waals surface area (Å²) < 4.78 is 11.1. The summed E-state index contributed by atoms with van der Waals surface area (Å²) in [6.45, 7) is 0.677. The standard InChI is InChI=1S/C19H20N4O2/c1-23(12-14-8-4-3-5-9-14)18-17(20)19(22-13-21-18)25-16-11-7-6-10-15(16)24-2/h3-11,13H,12,20H2,1-2H3. The van der Waals surface area contributed by atoms with Crippen LogP contribution in [-0.2, 0) is 6.54 Å². The topological polar surface area (TPSA) is 73.5 Å². The molecule has 0 atom stereocenters. The fourth-order valence-corrected chi connectivity index (χ4v) is 2.50. The molecule has 0 aliphatic heterocycles. The Hall–Kier alpha value is -3.28. The number of nitrogens with two attached hydrogens (primary N) is 1. The van der Waals surface area contributed by atoms with Crippen LogP contribution in [0.3, 0.4) is 0 Å². The van der Waals surface area contributed by atoms with Gasteiger partial charge in [0.15, 0.2) is 17.3 Å². The Balaban J connectivity index is 1.84. The number of hydrogen-bond donors (Lipinski definition) is 1. The van der Waals surface area contributed by atoms with Gasteiger partial charge in [0, 0.05) is 13.6 Å². The molecule has 0 aliphatic carbocycles. The molecule has 0 aliphatic rings. The number of nitrogens with zero attached hydrogens (tertiary/aromatic N) is 3. The molecule has 0 unspecified atom stereocenters. The molecule has 0 radical (unpaired) electrons. The number of ether oxygens (including phenoxy) is 2. The van der Waals surface area contributed by atoms with Crippen molar-refractivity contribution in [2.24, 2.45) is 0 Å². The highest BCUT2D eigenvalue weighted by atomic mass is 16.5. The van der Waals surface area contributed by atoms with Crippen LogP contribution in [0.5, 0.6) is 17.4 Å². The Kier molecular flexibility index (Phi) is 4.99. The quantitative estimate of drug-likeness (QED) is 0.743. The van der Waals surface area contributed by atoms with E-state index < -0.39 is 0 Å². The Morgan fingerprint density at radius 2 is 1.64 bits per heavy atom. The van der Waals surface area contributed by atoms with Crippen LogP contribution in [0.4, 0.5) is 11.5 Å². The third kappa shape index (κ3) is 3.80. The van der Waals surface area contributed by atoms with E-state index in [1.54, 1.807) is 13.2 Å². The van der Waals surface area contributed by atoms with E-state index in [1.807, 2.05) is 48.3 Å². The third-order valence-electron chi connectivity index (χ3n) is 3.73. The summed E-state index contributed by atoms with van der Waals surface area (Å²) >= 11 is 0. The lowest BCUT2D eigenvalue weighted by Gasteiger charge is -2.20. The number of rotatable bonds is 6. The Labute approximate surface area is 146 Å². The lowest BCUT2D eigenvalue weighted by atomic mass is 10.2. The summed E-state index contributed by atoms with van der Waals surface area (Å²) in [5.41, 5.74) is 7.79. The SMILES string of the molecule is COc1ccccc1Oc1ncnc(N(C)Cc2ccccc2)c1N. The van der Waals surface area contributed by atoms with Gasteiger partial charge in [-0.15, -0.1) is 0 Å². The highest BCUT2D eigenvalue weighted by Gasteiger charge is 2.15. The molecule has 128 valence electrons. The van der Waals surface area contributed by atoms with Crippen LogP contribution in [0, 0.1) is 0 Å². The number of benzene rings is 2. The second kappa shape index (κ2) is 7.53. The summed E-state index contributed by atoms with van der Waals surface area (Å²) in [6, 6.07) is 17.4. The van der Waals surface area contributed by atoms with Gasteiger partial charge in [0.25, 0.3) is 0 Å². The molecular formula is C19H20N4O2. The average Bonchev–Trinajstić information content (AvgIpc) is 2.64. The van der Waals surface area contributed by atoms with Crippen molar-refractivity contribution in [3.8, 4) is 17.4 Å². The van der Waals surface area contributed by atoms with Crippen molar-refractivity contribution in [2.45, 2.75) is 6.54 Å². The summed E-state index contributed by atoms with van der Waals surface area (Å²) in [5.74, 6) is 2.07. The molecule has 0 saturated carbocycles. The molecule has 2 aromatic carbocycles. The van der Waals surface area contributed by atoms with Crippen LogP contribution in [0.1, 0.15) is 5.56 Å². The van der Waals surface area contributed by atoms with E-state index in [0.29, 0.717) is 35.4 Å². The van der Waals surface area contributed by atoms with E-state index in [1.165, 1.54) is 6.33 Å². The number of nitrogen functional groups attached to an aromatic ring is 1. The van der Waals surface area contributed by atoms with E-state index in [2.05, 4.69) is 22.1 Å². The van der Waals surface area contributed by atoms with Crippen molar-refractivity contribution in [1.82, 2.24) is 9.97 Å². The molecule has 0 fully saturated rings. The first-order chi connectivity index (χ1) is 12.2. The normalized spacial score (nSPS) is 10.3. The first-order valence-electron chi connectivity index (χ1n) is 7.85. The maximum absolute atomic E-state index is 6.24. The predicted molar refractivity (Wildman–Crippen MR) is 98.1 cm³/mol. The molecule has 6 heteroatoms. The van der Waals surface area contributed by atoms with Crippen LogP contribution in [-0.4, -0.2) is 24.1 Å². The van der Waals surface area contributed by atoms with E-state index in [-0.39, 0.29) is 0 Å². The molecule has 0 bridgehead atoms. The van der Waals surface area contributed by atoms with Gasteiger partial charge in [-0.2, -0.15) is 4.98 Å². The Morgan fingerprint density at radius 3 is 2.36 bits per heavy atom. The number of anilines is 2. The average molecular weight is 336 g/mol. The lowest BCUT2D eigenvalue weighted by Crippen LogP contribution is -2.19. The van der Waals surface area contributed by atoms with E-state index in [0.717, 1.165) is 5.56 Å². The Bertz CT molecular complexity index is 840. The molecule has 25 heavy (non-hydrogen) atoms. The van der Waals surface area contributed by atoms with Gasteiger partial charge in [-0.1, -0.05) is 42.5 Å². The number of para-hydroxylation sites is 2. The van der Waals surface area contributed by atoms with Crippen molar-refractivity contribution in [3.05, 3.63) is 66.5 Å². The molecule has 2 N–H and O–H groups in total. The summed E-state index contributed by atoms with van der Waals surface area (Å²) in [7, 11) is 3.52. The minimum atomic E-state index is 0.300. The van der Waals surface area contributed by atoms with Crippen LogP contribution in [0.15, 0.2) is 60.9 Å². The maximum atomic E-state index is 6.24. The van der Waals surface area contributed by atoms with E-state index >= 15 is 0 Å². The van der Waals surface area contributed by atoms with Crippen molar-refractivity contribution >= 4 is 11.5 Å². The van der Waals surface area contributed by atoms with Crippen LogP contribution in [0.25, 0.3) is 0 Å². The highest BCUT2D eigenvalue weighted by molar-refractivity contribution is 5.68. The monoisotopic (exact) mass is 336 g/mol. The maximum Gasteiger partial charge on any atom is 0.248 e. The molecule has 0 saturated heterocycles. The van der Waals surface area contributed by atoms with Gasteiger partial charge in [-0.25, -0.2) is 4.98 Å². The number of aromatic nitrogens is 2. The highest BCUT2D eigenvalue weighted by Crippen LogP contribution is 2.35. The molecule has 6 nitrogen and oxygen atoms in total. The predicted octanol–water partition coefficient (Wildman–Crippen LogP) is 3.50. The van der Waals surface area contributed by atoms with Crippen molar-refractivity contribution in [3.63, 3.8) is 0 Å². The fraction of sp³-hybridized carbons (Fsp3) is 0.158. The second-order valence-electron chi connectivity index (χ2n) is 5.51. The molecular weight excluding hydrogens is 316 g/mol. The zero-order chi connectivity index (χ0) is 17.6. The smallest absolute Gasteiger partial charge is 0.248 e. The van der Waals surface area contributed by atoms with E-state index in [9.17, 15) is 0 Å². The summed E-state index contributed by atoms with van der Waals surface area (Å²) in [5, 5.41) is 0. The number of hydrogen-bond acceptors (Lipinski definition) is 6. The Morgan fingerprint density at radius 1 is 0.960 bits per heavy atom. The van der Waals surface area contributed by atoms with Crippen LogP contribution in [0.2, 0.25) is 0 Å². The minimum Gasteiger partial charge on any atom is -0.493 e. The minimum absolute atomic E-state index is 0.300. The van der Waals surface area contributed by atoms with Crippen LogP contribution < -0.4 is 20.1 Å². The second-order valence-corrected chi connectivity index (χ2v) is 5.51. The van der Waals surface area contributed by atoms with Crippen molar-refractivity contribution < 1.29 is 9.47 Å². The van der Waals surface area contributed by atoms with E-state index in [4.69, 9.17) is 15.2 Å². The van der Waals surface area contributed by atoms with Crippen molar-refractivity contribution in [1.29, 1.82) is 0 Å². The van der Waals surface area contributed by atoms with Gasteiger partial charge >= 0.3 is 0 Å². The largest absolute Gasteiger partial charge is 0.493 e. The molecule has 1 heterocycles. The third-order valence-corrected chi connectivity index (χ3v) is 3.73. The van der Waals surface area contributed by atoms with Gasteiger partial charge in [0.1, 0.15) is 12.0 Å². The van der Waals surface area contributed by atoms with Gasteiger partial charge in [0.05, 0.1) is 7.11 Å². The van der Waals surface area contributed by atoms with Crippen LogP contribution >= 0.6 is 0 Å². The fourth-order valence-electron chi connectivity index (χ4n) is 2.50. The van der Waals surface area contributed by atoms with Gasteiger partial charge in [-0.3, -0.25) is 0 Å². The summed E-state index contributed by atoms with van der Waals surface area (Å²) in [6.07, 6.45) is 1.44. The van der Waals surface area contributed by atoms with Gasteiger partial charge in [-0.05, 0) is 17.7 Å². The van der Waals surface area contributed by atoms with Crippen molar-refractivity contribution in [2.75, 3.05) is 24.8 Å². The number of methoxy groups -OCH3 is 1. The summed E-state index contributed by atoms with van der Waals surface area (Å²) in [4.78, 5) is 10.4. The molecule has 1 aromatic heterocycles. The first kappa shape index (κ1) is 16.6. The van der Waals surface area contributed by atoms with Gasteiger partial charge < -0.3 is 20.1 Å².